The van der Waals surface area contributed by atoms with Gasteiger partial charge in [-0.1, -0.05) is 63.9 Å². The van der Waals surface area contributed by atoms with Crippen LogP contribution in [0.3, 0.4) is 0 Å². The molecule has 0 saturated heterocycles. The van der Waals surface area contributed by atoms with Crippen molar-refractivity contribution in [1.82, 2.24) is 0 Å². The lowest BCUT2D eigenvalue weighted by Gasteiger charge is -2.38. The van der Waals surface area contributed by atoms with E-state index < -0.39 is 0 Å². The highest BCUT2D eigenvalue weighted by molar-refractivity contribution is 9.10. The maximum atomic E-state index is 6.42. The summed E-state index contributed by atoms with van der Waals surface area (Å²) in [5.74, 6) is 1.03. The molecule has 1 heterocycles. The van der Waals surface area contributed by atoms with Crippen molar-refractivity contribution in [3.05, 3.63) is 75.2 Å². The van der Waals surface area contributed by atoms with Gasteiger partial charge in [0.1, 0.15) is 0 Å². The van der Waals surface area contributed by atoms with Crippen molar-refractivity contribution in [3.8, 4) is 0 Å². The lowest BCUT2D eigenvalue weighted by atomic mass is 9.77. The van der Waals surface area contributed by atoms with E-state index in [1.165, 1.54) is 11.1 Å². The SMILES string of the molecule is Clc1cccc2c1N[C@@H](c1ccc(Br)cc1)[C@H]1CC=C[C@H]21. The van der Waals surface area contributed by atoms with E-state index in [9.17, 15) is 0 Å². The fourth-order valence-electron chi connectivity index (χ4n) is 3.58. The van der Waals surface area contributed by atoms with Crippen molar-refractivity contribution in [2.45, 2.75) is 18.4 Å². The van der Waals surface area contributed by atoms with Gasteiger partial charge in [-0.3, -0.25) is 0 Å². The van der Waals surface area contributed by atoms with Crippen molar-refractivity contribution in [2.24, 2.45) is 5.92 Å². The largest absolute Gasteiger partial charge is 0.376 e. The van der Waals surface area contributed by atoms with Gasteiger partial charge in [-0.2, -0.15) is 0 Å². The van der Waals surface area contributed by atoms with Crippen molar-refractivity contribution in [3.63, 3.8) is 0 Å². The zero-order valence-electron chi connectivity index (χ0n) is 11.4. The van der Waals surface area contributed by atoms with E-state index >= 15 is 0 Å². The molecule has 1 N–H and O–H groups in total. The molecule has 0 fully saturated rings. The number of benzene rings is 2. The van der Waals surface area contributed by atoms with Crippen LogP contribution in [0.5, 0.6) is 0 Å². The number of rotatable bonds is 1. The summed E-state index contributed by atoms with van der Waals surface area (Å²) in [5.41, 5.74) is 3.75. The second kappa shape index (κ2) is 5.19. The predicted molar refractivity (Wildman–Crippen MR) is 91.9 cm³/mol. The molecule has 0 amide bonds. The Morgan fingerprint density at radius 2 is 1.90 bits per heavy atom. The first-order valence-electron chi connectivity index (χ1n) is 7.21. The Morgan fingerprint density at radius 1 is 1.10 bits per heavy atom. The number of fused-ring (bicyclic) bond motifs is 3. The predicted octanol–water partition coefficient (Wildman–Crippen LogP) is 5.93. The summed E-state index contributed by atoms with van der Waals surface area (Å²) in [6, 6.07) is 15.1. The topological polar surface area (TPSA) is 12.0 Å². The van der Waals surface area contributed by atoms with Gasteiger partial charge in [-0.15, -0.1) is 0 Å². The highest BCUT2D eigenvalue weighted by Crippen LogP contribution is 2.51. The minimum Gasteiger partial charge on any atom is -0.376 e. The van der Waals surface area contributed by atoms with Gasteiger partial charge >= 0.3 is 0 Å². The molecule has 2 aromatic rings. The minimum atomic E-state index is 0.311. The van der Waals surface area contributed by atoms with E-state index in [0.717, 1.165) is 21.6 Å². The summed E-state index contributed by atoms with van der Waals surface area (Å²) in [6.45, 7) is 0. The Balaban J connectivity index is 1.81. The van der Waals surface area contributed by atoms with Gasteiger partial charge in [0.25, 0.3) is 0 Å². The Hall–Kier alpha value is -1.25. The third-order valence-electron chi connectivity index (χ3n) is 4.58. The van der Waals surface area contributed by atoms with E-state index in [1.807, 2.05) is 12.1 Å². The normalized spacial score (nSPS) is 26.1. The second-order valence-electron chi connectivity index (χ2n) is 5.73. The molecule has 106 valence electrons. The van der Waals surface area contributed by atoms with Gasteiger partial charge in [0.15, 0.2) is 0 Å². The molecule has 3 atom stereocenters. The molecule has 3 heteroatoms. The van der Waals surface area contributed by atoms with Crippen LogP contribution in [-0.4, -0.2) is 0 Å². The molecule has 1 aliphatic carbocycles. The smallest absolute Gasteiger partial charge is 0.0640 e. The van der Waals surface area contributed by atoms with Crippen LogP contribution in [0.4, 0.5) is 5.69 Å². The van der Waals surface area contributed by atoms with Crippen LogP contribution in [0, 0.1) is 5.92 Å². The standard InChI is InChI=1S/C18H15BrClN/c19-12-9-7-11(8-10-12)17-14-4-1-3-13(14)15-5-2-6-16(20)18(15)21-17/h1-3,5-10,13-14,17,21H,4H2/t13-,14-,17-/m0/s1. The number of anilines is 1. The van der Waals surface area contributed by atoms with Gasteiger partial charge < -0.3 is 5.32 Å². The molecule has 0 unspecified atom stereocenters. The average molecular weight is 361 g/mol. The molecular formula is C18H15BrClN. The van der Waals surface area contributed by atoms with Gasteiger partial charge in [0.05, 0.1) is 16.8 Å². The van der Waals surface area contributed by atoms with Crippen LogP contribution in [-0.2, 0) is 0 Å². The zero-order valence-corrected chi connectivity index (χ0v) is 13.7. The fourth-order valence-corrected chi connectivity index (χ4v) is 4.08. The number of halogens is 2. The van der Waals surface area contributed by atoms with E-state index in [-0.39, 0.29) is 0 Å². The molecule has 0 aromatic heterocycles. The monoisotopic (exact) mass is 359 g/mol. The first-order valence-corrected chi connectivity index (χ1v) is 8.38. The fraction of sp³-hybridized carbons (Fsp3) is 0.222. The summed E-state index contributed by atoms with van der Waals surface area (Å²) < 4.78 is 1.11. The molecule has 2 aromatic carbocycles. The highest BCUT2D eigenvalue weighted by atomic mass is 79.9. The molecule has 21 heavy (non-hydrogen) atoms. The Bertz CT molecular complexity index is 708. The lowest BCUT2D eigenvalue weighted by Crippen LogP contribution is -2.29. The third kappa shape index (κ3) is 2.21. The van der Waals surface area contributed by atoms with Gasteiger partial charge in [0.2, 0.25) is 0 Å². The average Bonchev–Trinajstić information content (AvgIpc) is 2.98. The molecule has 0 bridgehead atoms. The Labute approximate surface area is 138 Å². The van der Waals surface area contributed by atoms with Crippen LogP contribution in [0.15, 0.2) is 59.1 Å². The summed E-state index contributed by atoms with van der Waals surface area (Å²) in [4.78, 5) is 0. The molecule has 1 aliphatic heterocycles. The molecule has 0 saturated carbocycles. The van der Waals surface area contributed by atoms with Crippen LogP contribution < -0.4 is 5.32 Å². The molecule has 2 aliphatic rings. The van der Waals surface area contributed by atoms with Gasteiger partial charge in [-0.25, -0.2) is 0 Å². The van der Waals surface area contributed by atoms with Crippen LogP contribution in [0.25, 0.3) is 0 Å². The Kier molecular flexibility index (Phi) is 3.31. The first-order chi connectivity index (χ1) is 10.2. The summed E-state index contributed by atoms with van der Waals surface area (Å²) in [7, 11) is 0. The van der Waals surface area contributed by atoms with Crippen molar-refractivity contribution in [1.29, 1.82) is 0 Å². The highest BCUT2D eigenvalue weighted by Gasteiger charge is 2.38. The molecule has 4 rings (SSSR count). The maximum Gasteiger partial charge on any atom is 0.0640 e. The number of allylic oxidation sites excluding steroid dienone is 2. The van der Waals surface area contributed by atoms with Crippen LogP contribution >= 0.6 is 27.5 Å². The number of para-hydroxylation sites is 1. The van der Waals surface area contributed by atoms with Crippen molar-refractivity contribution < 1.29 is 0 Å². The van der Waals surface area contributed by atoms with Crippen molar-refractivity contribution in [2.75, 3.05) is 5.32 Å². The molecule has 1 nitrogen and oxygen atoms in total. The number of nitrogens with one attached hydrogen (secondary N) is 1. The van der Waals surface area contributed by atoms with Gasteiger partial charge in [0, 0.05) is 10.4 Å². The van der Waals surface area contributed by atoms with Crippen LogP contribution in [0.2, 0.25) is 5.02 Å². The van der Waals surface area contributed by atoms with E-state index in [4.69, 9.17) is 11.6 Å². The molecule has 0 radical (unpaired) electrons. The quantitative estimate of drug-likeness (QED) is 0.622. The lowest BCUT2D eigenvalue weighted by molar-refractivity contribution is 0.425. The van der Waals surface area contributed by atoms with Crippen molar-refractivity contribution >= 4 is 33.2 Å². The summed E-state index contributed by atoms with van der Waals surface area (Å²) in [5, 5.41) is 4.50. The van der Waals surface area contributed by atoms with Gasteiger partial charge in [-0.05, 0) is 41.7 Å². The minimum absolute atomic E-state index is 0.311. The molecular weight excluding hydrogens is 346 g/mol. The van der Waals surface area contributed by atoms with E-state index in [2.05, 4.69) is 63.7 Å². The summed E-state index contributed by atoms with van der Waals surface area (Å²) >= 11 is 9.93. The Morgan fingerprint density at radius 3 is 2.71 bits per heavy atom. The third-order valence-corrected chi connectivity index (χ3v) is 5.42. The first kappa shape index (κ1) is 13.4. The second-order valence-corrected chi connectivity index (χ2v) is 7.05. The van der Waals surface area contributed by atoms with E-state index in [1.54, 1.807) is 0 Å². The summed E-state index contributed by atoms with van der Waals surface area (Å²) in [6.07, 6.45) is 5.76. The van der Waals surface area contributed by atoms with E-state index in [0.29, 0.717) is 17.9 Å². The number of hydrogen-bond acceptors (Lipinski definition) is 1. The molecule has 0 spiro atoms. The maximum absolute atomic E-state index is 6.42. The zero-order chi connectivity index (χ0) is 14.4. The van der Waals surface area contributed by atoms with Crippen LogP contribution in [0.1, 0.15) is 29.5 Å². The number of hydrogen-bond donors (Lipinski definition) is 1.